The topological polar surface area (TPSA) is 92.2 Å². The molecule has 2 aromatic carbocycles. The predicted molar refractivity (Wildman–Crippen MR) is 128 cm³/mol. The molecule has 0 bridgehead atoms. The van der Waals surface area contributed by atoms with Crippen molar-refractivity contribution in [2.24, 2.45) is 0 Å². The number of aromatic nitrogens is 1. The number of carboxylic acids is 1. The van der Waals surface area contributed by atoms with E-state index >= 15 is 0 Å². The van der Waals surface area contributed by atoms with E-state index in [1.54, 1.807) is 37.7 Å². The number of carbonyl (C=O) groups is 2. The average Bonchev–Trinajstić information content (AvgIpc) is 3.31. The van der Waals surface area contributed by atoms with Crippen molar-refractivity contribution in [1.82, 2.24) is 9.88 Å². The molecule has 33 heavy (non-hydrogen) atoms. The second kappa shape index (κ2) is 10.8. The fourth-order valence-corrected chi connectivity index (χ4v) is 4.22. The Morgan fingerprint density at radius 1 is 1.09 bits per heavy atom. The van der Waals surface area contributed by atoms with E-state index in [-0.39, 0.29) is 12.5 Å². The van der Waals surface area contributed by atoms with Gasteiger partial charge in [-0.05, 0) is 42.8 Å². The highest BCUT2D eigenvalue weighted by atomic mass is 32.1. The lowest BCUT2D eigenvalue weighted by Crippen LogP contribution is -2.31. The third-order valence-electron chi connectivity index (χ3n) is 5.12. The molecule has 9 heteroatoms. The van der Waals surface area contributed by atoms with Gasteiger partial charge in [-0.25, -0.2) is 4.98 Å². The van der Waals surface area contributed by atoms with Crippen LogP contribution in [-0.2, 0) is 11.3 Å². The number of hydrogen-bond acceptors (Lipinski definition) is 7. The lowest BCUT2D eigenvalue weighted by Gasteiger charge is -2.20. The fraction of sp³-hybridized carbons (Fsp3) is 0.292. The van der Waals surface area contributed by atoms with E-state index in [1.807, 2.05) is 35.7 Å². The van der Waals surface area contributed by atoms with E-state index in [0.717, 1.165) is 40.0 Å². The van der Waals surface area contributed by atoms with Gasteiger partial charge >= 0.3 is 5.97 Å². The number of hydrogen-bond donors (Lipinski definition) is 1. The second-order valence-electron chi connectivity index (χ2n) is 7.35. The fourth-order valence-electron chi connectivity index (χ4n) is 3.33. The van der Waals surface area contributed by atoms with Crippen LogP contribution in [-0.4, -0.2) is 61.2 Å². The Balaban J connectivity index is 1.76. The summed E-state index contributed by atoms with van der Waals surface area (Å²) in [5.74, 6) is 0.0868. The standard InChI is InChI=1S/C24H27N3O5S/c1-5-27(13-16-6-8-17(9-7-16)23(30)26(2)14-22(28)29)24-25-20(15-33-24)19-12-18(31-3)10-11-21(19)32-4/h6-12,15H,5,13-14H2,1-4H3,(H,28,29). The molecule has 1 heterocycles. The summed E-state index contributed by atoms with van der Waals surface area (Å²) in [6, 6.07) is 12.8. The van der Waals surface area contributed by atoms with Crippen LogP contribution in [0.15, 0.2) is 47.8 Å². The molecular weight excluding hydrogens is 442 g/mol. The summed E-state index contributed by atoms with van der Waals surface area (Å²) >= 11 is 1.55. The molecule has 1 amide bonds. The van der Waals surface area contributed by atoms with Crippen LogP contribution in [0.3, 0.4) is 0 Å². The molecule has 3 aromatic rings. The zero-order chi connectivity index (χ0) is 24.0. The van der Waals surface area contributed by atoms with Gasteiger partial charge in [0.1, 0.15) is 18.0 Å². The highest BCUT2D eigenvalue weighted by Gasteiger charge is 2.17. The van der Waals surface area contributed by atoms with Crippen molar-refractivity contribution >= 4 is 28.3 Å². The summed E-state index contributed by atoms with van der Waals surface area (Å²) in [7, 11) is 4.73. The van der Waals surface area contributed by atoms with Crippen LogP contribution in [0.1, 0.15) is 22.8 Å². The third-order valence-corrected chi connectivity index (χ3v) is 6.02. The molecule has 1 N–H and O–H groups in total. The minimum absolute atomic E-state index is 0.326. The highest BCUT2D eigenvalue weighted by Crippen LogP contribution is 2.36. The van der Waals surface area contributed by atoms with Crippen molar-refractivity contribution in [3.05, 3.63) is 59.0 Å². The van der Waals surface area contributed by atoms with Crippen LogP contribution >= 0.6 is 11.3 Å². The van der Waals surface area contributed by atoms with Gasteiger partial charge in [-0.2, -0.15) is 0 Å². The molecule has 174 valence electrons. The number of nitrogens with zero attached hydrogens (tertiary/aromatic N) is 3. The Labute approximate surface area is 197 Å². The van der Waals surface area contributed by atoms with Crippen molar-refractivity contribution in [3.63, 3.8) is 0 Å². The number of anilines is 1. The molecule has 3 rings (SSSR count). The van der Waals surface area contributed by atoms with Gasteiger partial charge in [0.15, 0.2) is 5.13 Å². The van der Waals surface area contributed by atoms with Crippen LogP contribution in [0.4, 0.5) is 5.13 Å². The van der Waals surface area contributed by atoms with Crippen molar-refractivity contribution < 1.29 is 24.2 Å². The second-order valence-corrected chi connectivity index (χ2v) is 8.18. The third kappa shape index (κ3) is 5.81. The molecular formula is C24H27N3O5S. The van der Waals surface area contributed by atoms with Crippen LogP contribution in [0.25, 0.3) is 11.3 Å². The van der Waals surface area contributed by atoms with E-state index < -0.39 is 5.97 Å². The zero-order valence-electron chi connectivity index (χ0n) is 19.1. The molecule has 0 fully saturated rings. The maximum Gasteiger partial charge on any atom is 0.323 e. The number of methoxy groups -OCH3 is 2. The molecule has 0 spiro atoms. The van der Waals surface area contributed by atoms with Gasteiger partial charge < -0.3 is 24.4 Å². The van der Waals surface area contributed by atoms with Gasteiger partial charge in [0.2, 0.25) is 0 Å². The van der Waals surface area contributed by atoms with Crippen LogP contribution < -0.4 is 14.4 Å². The van der Waals surface area contributed by atoms with Crippen molar-refractivity contribution in [1.29, 1.82) is 0 Å². The van der Waals surface area contributed by atoms with Crippen LogP contribution in [0.2, 0.25) is 0 Å². The lowest BCUT2D eigenvalue weighted by atomic mass is 10.1. The molecule has 0 aliphatic carbocycles. The summed E-state index contributed by atoms with van der Waals surface area (Å²) in [4.78, 5) is 31.3. The van der Waals surface area contributed by atoms with Crippen molar-refractivity contribution in [3.8, 4) is 22.8 Å². The number of amides is 1. The van der Waals surface area contributed by atoms with Gasteiger partial charge in [-0.15, -0.1) is 11.3 Å². The molecule has 1 aromatic heterocycles. The van der Waals surface area contributed by atoms with Gasteiger partial charge in [-0.3, -0.25) is 9.59 Å². The van der Waals surface area contributed by atoms with E-state index in [1.165, 1.54) is 11.9 Å². The average molecular weight is 470 g/mol. The number of carbonyl (C=O) groups excluding carboxylic acids is 1. The normalized spacial score (nSPS) is 10.5. The number of carboxylic acid groups (broad SMARTS) is 1. The molecule has 0 aliphatic heterocycles. The van der Waals surface area contributed by atoms with Gasteiger partial charge in [0.25, 0.3) is 5.91 Å². The molecule has 0 atom stereocenters. The summed E-state index contributed by atoms with van der Waals surface area (Å²) in [6.07, 6.45) is 0. The summed E-state index contributed by atoms with van der Waals surface area (Å²) in [6.45, 7) is 3.10. The number of rotatable bonds is 10. The molecule has 0 radical (unpaired) electrons. The van der Waals surface area contributed by atoms with Crippen LogP contribution in [0, 0.1) is 0 Å². The largest absolute Gasteiger partial charge is 0.497 e. The minimum atomic E-state index is -1.05. The SMILES string of the molecule is CCN(Cc1ccc(C(=O)N(C)CC(=O)O)cc1)c1nc(-c2cc(OC)ccc2OC)cs1. The van der Waals surface area contributed by atoms with Crippen molar-refractivity contribution in [2.75, 3.05) is 39.3 Å². The first-order valence-corrected chi connectivity index (χ1v) is 11.2. The van der Waals surface area contributed by atoms with E-state index in [9.17, 15) is 9.59 Å². The zero-order valence-corrected chi connectivity index (χ0v) is 19.9. The Morgan fingerprint density at radius 3 is 2.42 bits per heavy atom. The predicted octanol–water partition coefficient (Wildman–Crippen LogP) is 4.01. The Kier molecular flexibility index (Phi) is 7.89. The first-order valence-electron chi connectivity index (χ1n) is 10.3. The first-order chi connectivity index (χ1) is 15.9. The lowest BCUT2D eigenvalue weighted by molar-refractivity contribution is -0.137. The highest BCUT2D eigenvalue weighted by molar-refractivity contribution is 7.14. The first kappa shape index (κ1) is 24.1. The smallest absolute Gasteiger partial charge is 0.323 e. The summed E-state index contributed by atoms with van der Waals surface area (Å²) < 4.78 is 10.8. The van der Waals surface area contributed by atoms with Gasteiger partial charge in [-0.1, -0.05) is 12.1 Å². The van der Waals surface area contributed by atoms with E-state index in [0.29, 0.717) is 12.1 Å². The summed E-state index contributed by atoms with van der Waals surface area (Å²) in [5.41, 5.74) is 3.15. The molecule has 0 aliphatic rings. The number of ether oxygens (including phenoxy) is 2. The Hall–Kier alpha value is -3.59. The maximum absolute atomic E-state index is 12.4. The number of thiazole rings is 1. The molecule has 0 saturated heterocycles. The number of benzene rings is 2. The molecule has 0 saturated carbocycles. The van der Waals surface area contributed by atoms with Crippen LogP contribution in [0.5, 0.6) is 11.5 Å². The molecule has 0 unspecified atom stereocenters. The summed E-state index contributed by atoms with van der Waals surface area (Å²) in [5, 5.41) is 11.7. The number of likely N-dealkylation sites (N-methyl/N-ethyl adjacent to an activating group) is 1. The van der Waals surface area contributed by atoms with Gasteiger partial charge in [0, 0.05) is 36.6 Å². The molecule has 8 nitrogen and oxygen atoms in total. The van der Waals surface area contributed by atoms with Gasteiger partial charge in [0.05, 0.1) is 19.9 Å². The Bertz CT molecular complexity index is 1110. The minimum Gasteiger partial charge on any atom is -0.497 e. The van der Waals surface area contributed by atoms with E-state index in [4.69, 9.17) is 19.6 Å². The van der Waals surface area contributed by atoms with E-state index in [2.05, 4.69) is 11.8 Å². The quantitative estimate of drug-likeness (QED) is 0.480. The maximum atomic E-state index is 12.4. The monoisotopic (exact) mass is 469 g/mol. The van der Waals surface area contributed by atoms with Crippen molar-refractivity contribution in [2.45, 2.75) is 13.5 Å². The number of aliphatic carboxylic acids is 1. The Morgan fingerprint density at radius 2 is 1.82 bits per heavy atom.